The Labute approximate surface area is 210 Å². The highest BCUT2D eigenvalue weighted by Crippen LogP contribution is 2.37. The van der Waals surface area contributed by atoms with Crippen molar-refractivity contribution in [2.75, 3.05) is 18.1 Å². The first kappa shape index (κ1) is 23.3. The number of hydrogen-bond acceptors (Lipinski definition) is 6. The second-order valence-electron chi connectivity index (χ2n) is 8.33. The van der Waals surface area contributed by atoms with Crippen molar-refractivity contribution in [2.24, 2.45) is 0 Å². The highest BCUT2D eigenvalue weighted by molar-refractivity contribution is 7.19. The fourth-order valence-corrected chi connectivity index (χ4v) is 5.55. The van der Waals surface area contributed by atoms with E-state index in [4.69, 9.17) is 16.3 Å². The number of aromatic nitrogens is 2. The Hall–Kier alpha value is -3.49. The number of benzene rings is 2. The summed E-state index contributed by atoms with van der Waals surface area (Å²) < 4.78 is 6.87. The maximum absolute atomic E-state index is 13.6. The molecule has 7 nitrogen and oxygen atoms in total. The number of thiophene rings is 1. The van der Waals surface area contributed by atoms with Crippen LogP contribution in [0, 0.1) is 6.92 Å². The minimum atomic E-state index is -0.800. The van der Waals surface area contributed by atoms with Gasteiger partial charge in [-0.25, -0.2) is 4.98 Å². The van der Waals surface area contributed by atoms with E-state index in [2.05, 4.69) is 4.98 Å². The quantitative estimate of drug-likeness (QED) is 0.343. The zero-order chi connectivity index (χ0) is 24.9. The molecule has 1 amide bonds. The van der Waals surface area contributed by atoms with Gasteiger partial charge in [0, 0.05) is 27.6 Å². The van der Waals surface area contributed by atoms with Crippen molar-refractivity contribution in [3.8, 4) is 16.9 Å². The molecular formula is C26H22ClN3O4S. The monoisotopic (exact) mass is 507 g/mol. The second kappa shape index (κ2) is 8.94. The van der Waals surface area contributed by atoms with Crippen LogP contribution in [0.15, 0.2) is 53.6 Å². The Morgan fingerprint density at radius 1 is 1.20 bits per heavy atom. The van der Waals surface area contributed by atoms with Crippen molar-refractivity contribution in [2.45, 2.75) is 26.8 Å². The largest absolute Gasteiger partial charge is 0.482 e. The molecule has 0 N–H and O–H groups in total. The fraction of sp³-hybridized carbons (Fsp3) is 0.231. The number of carbonyl (C=O) groups excluding carboxylic acids is 2. The lowest BCUT2D eigenvalue weighted by Crippen LogP contribution is -2.38. The number of ether oxygens (including phenoxy) is 1. The first-order valence-corrected chi connectivity index (χ1v) is 12.4. The smallest absolute Gasteiger partial charge is 0.265 e. The summed E-state index contributed by atoms with van der Waals surface area (Å²) in [6.07, 6.45) is 1.43. The molecule has 0 aliphatic carbocycles. The summed E-state index contributed by atoms with van der Waals surface area (Å²) in [7, 11) is 0. The van der Waals surface area contributed by atoms with Crippen LogP contribution < -0.4 is 15.2 Å². The third-order valence-electron chi connectivity index (χ3n) is 6.25. The van der Waals surface area contributed by atoms with Crippen molar-refractivity contribution < 1.29 is 14.3 Å². The SMILES string of the molecule is CCN1C(=O)COc2ccc(C(=O)C(C)n3cnc4sc(C)c(-c5ccc(Cl)cc5)c4c3=O)cc21. The van der Waals surface area contributed by atoms with E-state index >= 15 is 0 Å². The number of anilines is 1. The number of fused-ring (bicyclic) bond motifs is 2. The van der Waals surface area contributed by atoms with Gasteiger partial charge in [0.2, 0.25) is 0 Å². The summed E-state index contributed by atoms with van der Waals surface area (Å²) in [4.78, 5) is 47.0. The molecule has 2 aromatic heterocycles. The standard InChI is InChI=1S/C26H22ClN3O4S/c1-4-29-19-11-17(7-10-20(19)34-12-21(29)31)24(32)14(2)30-13-28-25-23(26(30)33)22(15(3)35-25)16-5-8-18(27)9-6-16/h5-11,13-14H,4,12H2,1-3H3. The highest BCUT2D eigenvalue weighted by Gasteiger charge is 2.27. The second-order valence-corrected chi connectivity index (χ2v) is 9.97. The Morgan fingerprint density at radius 3 is 2.66 bits per heavy atom. The van der Waals surface area contributed by atoms with Gasteiger partial charge in [-0.15, -0.1) is 11.3 Å². The molecule has 178 valence electrons. The van der Waals surface area contributed by atoms with Gasteiger partial charge in [0.25, 0.3) is 11.5 Å². The summed E-state index contributed by atoms with van der Waals surface area (Å²) >= 11 is 7.49. The summed E-state index contributed by atoms with van der Waals surface area (Å²) in [6, 6.07) is 11.5. The van der Waals surface area contributed by atoms with Crippen molar-refractivity contribution in [1.82, 2.24) is 9.55 Å². The molecule has 0 saturated carbocycles. The lowest BCUT2D eigenvalue weighted by Gasteiger charge is -2.28. The molecule has 1 aliphatic heterocycles. The van der Waals surface area contributed by atoms with Gasteiger partial charge in [-0.1, -0.05) is 23.7 Å². The number of aryl methyl sites for hydroxylation is 1. The molecule has 1 aliphatic rings. The normalized spacial score (nSPS) is 14.1. The van der Waals surface area contributed by atoms with Gasteiger partial charge in [0.05, 0.1) is 23.4 Å². The predicted molar refractivity (Wildman–Crippen MR) is 138 cm³/mol. The summed E-state index contributed by atoms with van der Waals surface area (Å²) in [5, 5.41) is 1.10. The van der Waals surface area contributed by atoms with Crippen molar-refractivity contribution >= 4 is 50.5 Å². The molecule has 0 bridgehead atoms. The maximum Gasteiger partial charge on any atom is 0.265 e. The van der Waals surface area contributed by atoms with Crippen LogP contribution in [-0.4, -0.2) is 34.4 Å². The van der Waals surface area contributed by atoms with Gasteiger partial charge in [-0.3, -0.25) is 19.0 Å². The van der Waals surface area contributed by atoms with Crippen LogP contribution in [0.5, 0.6) is 5.75 Å². The van der Waals surface area contributed by atoms with Gasteiger partial charge in [-0.2, -0.15) is 0 Å². The molecule has 3 heterocycles. The van der Waals surface area contributed by atoms with Gasteiger partial charge < -0.3 is 9.64 Å². The molecule has 5 rings (SSSR count). The zero-order valence-electron chi connectivity index (χ0n) is 19.4. The lowest BCUT2D eigenvalue weighted by molar-refractivity contribution is -0.121. The van der Waals surface area contributed by atoms with Gasteiger partial charge in [-0.05, 0) is 56.7 Å². The Balaban J connectivity index is 1.57. The van der Waals surface area contributed by atoms with E-state index in [9.17, 15) is 14.4 Å². The predicted octanol–water partition coefficient (Wildman–Crippen LogP) is 5.28. The van der Waals surface area contributed by atoms with E-state index in [1.807, 2.05) is 26.0 Å². The molecular weight excluding hydrogens is 486 g/mol. The fourth-order valence-electron chi connectivity index (χ4n) is 4.43. The van der Waals surface area contributed by atoms with Gasteiger partial charge >= 0.3 is 0 Å². The zero-order valence-corrected chi connectivity index (χ0v) is 20.9. The van der Waals surface area contributed by atoms with Crippen LogP contribution in [0.4, 0.5) is 5.69 Å². The van der Waals surface area contributed by atoms with Gasteiger partial charge in [0.15, 0.2) is 12.4 Å². The number of halogens is 1. The average molecular weight is 508 g/mol. The molecule has 1 unspecified atom stereocenters. The number of rotatable bonds is 5. The molecule has 0 spiro atoms. The van der Waals surface area contributed by atoms with Crippen molar-refractivity contribution in [1.29, 1.82) is 0 Å². The van der Waals surface area contributed by atoms with Crippen LogP contribution in [-0.2, 0) is 4.79 Å². The molecule has 1 atom stereocenters. The number of ketones is 1. The Kier molecular flexibility index (Phi) is 5.94. The van der Waals surface area contributed by atoms with E-state index in [-0.39, 0.29) is 23.9 Å². The van der Waals surface area contributed by atoms with E-state index in [0.29, 0.717) is 38.8 Å². The Bertz CT molecular complexity index is 1540. The number of likely N-dealkylation sites (N-methyl/N-ethyl adjacent to an activating group) is 1. The van der Waals surface area contributed by atoms with Crippen LogP contribution >= 0.6 is 22.9 Å². The lowest BCUT2D eigenvalue weighted by atomic mass is 10.0. The number of nitrogens with zero attached hydrogens (tertiary/aromatic N) is 3. The van der Waals surface area contributed by atoms with Crippen LogP contribution in [0.1, 0.15) is 35.1 Å². The summed E-state index contributed by atoms with van der Waals surface area (Å²) in [6.45, 7) is 5.93. The van der Waals surface area contributed by atoms with Crippen LogP contribution in [0.25, 0.3) is 21.3 Å². The molecule has 0 fully saturated rings. The third kappa shape index (κ3) is 3.92. The summed E-state index contributed by atoms with van der Waals surface area (Å²) in [5.41, 5.74) is 2.33. The van der Waals surface area contributed by atoms with Crippen LogP contribution in [0.2, 0.25) is 5.02 Å². The molecule has 0 radical (unpaired) electrons. The van der Waals surface area contributed by atoms with Crippen LogP contribution in [0.3, 0.4) is 0 Å². The molecule has 9 heteroatoms. The molecule has 4 aromatic rings. The van der Waals surface area contributed by atoms with Crippen molar-refractivity contribution in [3.63, 3.8) is 0 Å². The molecule has 35 heavy (non-hydrogen) atoms. The Morgan fingerprint density at radius 2 is 1.94 bits per heavy atom. The molecule has 2 aromatic carbocycles. The average Bonchev–Trinajstić information content (AvgIpc) is 3.20. The first-order chi connectivity index (χ1) is 16.8. The highest BCUT2D eigenvalue weighted by atomic mass is 35.5. The van der Waals surface area contributed by atoms with Crippen molar-refractivity contribution in [3.05, 3.63) is 74.6 Å². The minimum absolute atomic E-state index is 0.0262. The van der Waals surface area contributed by atoms with E-state index in [0.717, 1.165) is 16.0 Å². The molecule has 0 saturated heterocycles. The maximum atomic E-state index is 13.6. The topological polar surface area (TPSA) is 81.5 Å². The van der Waals surface area contributed by atoms with E-state index in [1.165, 1.54) is 22.2 Å². The number of Topliss-reactive ketones (excluding diaryl/α,β-unsaturated/α-hetero) is 1. The minimum Gasteiger partial charge on any atom is -0.482 e. The van der Waals surface area contributed by atoms with E-state index < -0.39 is 6.04 Å². The number of carbonyl (C=O) groups is 2. The number of hydrogen-bond donors (Lipinski definition) is 0. The third-order valence-corrected chi connectivity index (χ3v) is 7.51. The van der Waals surface area contributed by atoms with E-state index in [1.54, 1.807) is 42.2 Å². The number of amides is 1. The summed E-state index contributed by atoms with van der Waals surface area (Å²) in [5.74, 6) is 0.133. The van der Waals surface area contributed by atoms with Gasteiger partial charge in [0.1, 0.15) is 10.6 Å². The first-order valence-electron chi connectivity index (χ1n) is 11.2.